The third-order valence-corrected chi connectivity index (χ3v) is 3.76. The van der Waals surface area contributed by atoms with E-state index in [-0.39, 0.29) is 6.04 Å². The number of hydrogen-bond donors (Lipinski definition) is 1. The highest BCUT2D eigenvalue weighted by atomic mass is 16.5. The van der Waals surface area contributed by atoms with Crippen molar-refractivity contribution in [2.45, 2.75) is 24.8 Å². The molecular formula is C17H19NO. The average molecular weight is 253 g/mol. The van der Waals surface area contributed by atoms with Gasteiger partial charge in [0.2, 0.25) is 0 Å². The number of rotatable bonds is 5. The number of ether oxygens (including phenoxy) is 1. The largest absolute Gasteiger partial charge is 0.492 e. The van der Waals surface area contributed by atoms with Gasteiger partial charge in [-0.1, -0.05) is 42.5 Å². The predicted molar refractivity (Wildman–Crippen MR) is 77.4 cm³/mol. The molecule has 98 valence electrons. The molecule has 2 atom stereocenters. The van der Waals surface area contributed by atoms with Gasteiger partial charge in [-0.2, -0.15) is 0 Å². The molecule has 19 heavy (non-hydrogen) atoms. The van der Waals surface area contributed by atoms with Gasteiger partial charge >= 0.3 is 0 Å². The van der Waals surface area contributed by atoms with Gasteiger partial charge in [0.25, 0.3) is 0 Å². The van der Waals surface area contributed by atoms with Crippen molar-refractivity contribution in [1.82, 2.24) is 0 Å². The van der Waals surface area contributed by atoms with Crippen LogP contribution in [0, 0.1) is 0 Å². The van der Waals surface area contributed by atoms with E-state index in [1.165, 1.54) is 11.1 Å². The molecule has 2 N–H and O–H groups in total. The molecule has 0 saturated carbocycles. The van der Waals surface area contributed by atoms with Gasteiger partial charge in [-0.05, 0) is 42.0 Å². The highest BCUT2D eigenvalue weighted by Gasteiger charge is 2.26. The summed E-state index contributed by atoms with van der Waals surface area (Å²) in [5.74, 6) is 1.51. The van der Waals surface area contributed by atoms with Crippen LogP contribution in [0.15, 0.2) is 54.6 Å². The maximum atomic E-state index is 6.16. The molecule has 1 aliphatic rings. The average Bonchev–Trinajstić information content (AvgIpc) is 2.44. The van der Waals surface area contributed by atoms with Crippen molar-refractivity contribution in [3.63, 3.8) is 0 Å². The molecule has 2 nitrogen and oxygen atoms in total. The Labute approximate surface area is 114 Å². The number of nitrogens with two attached hydrogens (primary N) is 1. The van der Waals surface area contributed by atoms with Crippen molar-refractivity contribution in [2.24, 2.45) is 5.73 Å². The van der Waals surface area contributed by atoms with E-state index < -0.39 is 0 Å². The Kier molecular flexibility index (Phi) is 3.51. The lowest BCUT2D eigenvalue weighted by atomic mass is 9.74. The van der Waals surface area contributed by atoms with Gasteiger partial charge in [-0.15, -0.1) is 0 Å². The molecular weight excluding hydrogens is 234 g/mol. The molecule has 0 heterocycles. The quantitative estimate of drug-likeness (QED) is 0.888. The summed E-state index contributed by atoms with van der Waals surface area (Å²) in [4.78, 5) is 0. The highest BCUT2D eigenvalue weighted by Crippen LogP contribution is 2.37. The van der Waals surface area contributed by atoms with Gasteiger partial charge in [-0.25, -0.2) is 0 Å². The van der Waals surface area contributed by atoms with Gasteiger partial charge in [0.05, 0.1) is 0 Å². The van der Waals surface area contributed by atoms with Crippen molar-refractivity contribution in [3.8, 4) is 5.75 Å². The Bertz CT molecular complexity index is 538. The maximum Gasteiger partial charge on any atom is 0.119 e. The van der Waals surface area contributed by atoms with E-state index in [2.05, 4.69) is 24.3 Å². The van der Waals surface area contributed by atoms with Crippen molar-refractivity contribution in [1.29, 1.82) is 0 Å². The monoisotopic (exact) mass is 253 g/mol. The van der Waals surface area contributed by atoms with E-state index in [9.17, 15) is 0 Å². The van der Waals surface area contributed by atoms with E-state index in [1.807, 2.05) is 30.3 Å². The summed E-state index contributed by atoms with van der Waals surface area (Å²) >= 11 is 0. The Morgan fingerprint density at radius 3 is 2.58 bits per heavy atom. The molecule has 0 amide bonds. The van der Waals surface area contributed by atoms with E-state index in [0.29, 0.717) is 12.5 Å². The standard InChI is InChI=1S/C17H19NO/c18-15(12-19-16-7-2-1-3-8-16)11-14-10-13-6-4-5-9-17(13)14/h1-9,14-15H,10-12,18H2. The first-order valence-corrected chi connectivity index (χ1v) is 6.84. The molecule has 1 aliphatic carbocycles. The number of para-hydroxylation sites is 1. The Hall–Kier alpha value is -1.80. The molecule has 2 aromatic carbocycles. The number of benzene rings is 2. The lowest BCUT2D eigenvalue weighted by molar-refractivity contribution is 0.272. The molecule has 0 aliphatic heterocycles. The van der Waals surface area contributed by atoms with Crippen LogP contribution >= 0.6 is 0 Å². The van der Waals surface area contributed by atoms with Crippen LogP contribution in [0.25, 0.3) is 0 Å². The fraction of sp³-hybridized carbons (Fsp3) is 0.294. The SMILES string of the molecule is NC(COc1ccccc1)CC1Cc2ccccc21. The first-order valence-electron chi connectivity index (χ1n) is 6.84. The fourth-order valence-corrected chi connectivity index (χ4v) is 2.73. The van der Waals surface area contributed by atoms with Crippen molar-refractivity contribution in [3.05, 3.63) is 65.7 Å². The van der Waals surface area contributed by atoms with Gasteiger partial charge in [-0.3, -0.25) is 0 Å². The third-order valence-electron chi connectivity index (χ3n) is 3.76. The molecule has 2 heteroatoms. The molecule has 0 fully saturated rings. The maximum absolute atomic E-state index is 6.16. The Balaban J connectivity index is 1.49. The topological polar surface area (TPSA) is 35.2 Å². The van der Waals surface area contributed by atoms with Gasteiger partial charge in [0.1, 0.15) is 12.4 Å². The van der Waals surface area contributed by atoms with Crippen LogP contribution in [0.3, 0.4) is 0 Å². The fourth-order valence-electron chi connectivity index (χ4n) is 2.73. The van der Waals surface area contributed by atoms with Gasteiger partial charge in [0, 0.05) is 6.04 Å². The van der Waals surface area contributed by atoms with Crippen LogP contribution in [0.1, 0.15) is 23.5 Å². The first kappa shape index (κ1) is 12.2. The van der Waals surface area contributed by atoms with Crippen LogP contribution < -0.4 is 10.5 Å². The molecule has 0 saturated heterocycles. The molecule has 2 unspecified atom stereocenters. The summed E-state index contributed by atoms with van der Waals surface area (Å²) in [5, 5.41) is 0. The van der Waals surface area contributed by atoms with Crippen molar-refractivity contribution in [2.75, 3.05) is 6.61 Å². The predicted octanol–water partition coefficient (Wildman–Crippen LogP) is 3.12. The minimum absolute atomic E-state index is 0.0959. The Morgan fingerprint density at radius 1 is 1.05 bits per heavy atom. The molecule has 2 aromatic rings. The molecule has 0 radical (unpaired) electrons. The second-order valence-corrected chi connectivity index (χ2v) is 5.22. The lowest BCUT2D eigenvalue weighted by Crippen LogP contribution is -2.32. The van der Waals surface area contributed by atoms with Crippen molar-refractivity contribution < 1.29 is 4.74 Å². The summed E-state index contributed by atoms with van der Waals surface area (Å²) < 4.78 is 5.70. The summed E-state index contributed by atoms with van der Waals surface area (Å²) in [5.41, 5.74) is 9.11. The summed E-state index contributed by atoms with van der Waals surface area (Å²) in [6.45, 7) is 0.586. The minimum Gasteiger partial charge on any atom is -0.492 e. The molecule has 0 spiro atoms. The normalized spacial score (nSPS) is 18.3. The zero-order valence-corrected chi connectivity index (χ0v) is 11.0. The third kappa shape index (κ3) is 2.79. The molecule has 0 aromatic heterocycles. The number of fused-ring (bicyclic) bond motifs is 1. The number of hydrogen-bond acceptors (Lipinski definition) is 2. The second kappa shape index (κ2) is 5.45. The van der Waals surface area contributed by atoms with Gasteiger partial charge < -0.3 is 10.5 Å². The summed E-state index contributed by atoms with van der Waals surface area (Å²) in [6.07, 6.45) is 2.17. The van der Waals surface area contributed by atoms with E-state index in [1.54, 1.807) is 0 Å². The summed E-state index contributed by atoms with van der Waals surface area (Å²) in [6, 6.07) is 18.6. The zero-order valence-electron chi connectivity index (χ0n) is 11.0. The van der Waals surface area contributed by atoms with Crippen LogP contribution in [-0.4, -0.2) is 12.6 Å². The second-order valence-electron chi connectivity index (χ2n) is 5.22. The Morgan fingerprint density at radius 2 is 1.79 bits per heavy atom. The van der Waals surface area contributed by atoms with E-state index in [4.69, 9.17) is 10.5 Å². The summed E-state index contributed by atoms with van der Waals surface area (Å²) in [7, 11) is 0. The van der Waals surface area contributed by atoms with Crippen LogP contribution in [0.4, 0.5) is 0 Å². The molecule has 3 rings (SSSR count). The van der Waals surface area contributed by atoms with E-state index in [0.717, 1.165) is 18.6 Å². The van der Waals surface area contributed by atoms with Crippen LogP contribution in [-0.2, 0) is 6.42 Å². The van der Waals surface area contributed by atoms with Crippen LogP contribution in [0.2, 0.25) is 0 Å². The highest BCUT2D eigenvalue weighted by molar-refractivity contribution is 5.39. The lowest BCUT2D eigenvalue weighted by Gasteiger charge is -2.32. The first-order chi connectivity index (χ1) is 9.33. The van der Waals surface area contributed by atoms with Crippen molar-refractivity contribution >= 4 is 0 Å². The van der Waals surface area contributed by atoms with Gasteiger partial charge in [0.15, 0.2) is 0 Å². The zero-order chi connectivity index (χ0) is 13.1. The van der Waals surface area contributed by atoms with E-state index >= 15 is 0 Å². The molecule has 0 bridgehead atoms. The smallest absolute Gasteiger partial charge is 0.119 e. The van der Waals surface area contributed by atoms with Crippen LogP contribution in [0.5, 0.6) is 5.75 Å². The minimum atomic E-state index is 0.0959.